The van der Waals surface area contributed by atoms with E-state index >= 15 is 0 Å². The molecule has 4 nitrogen and oxygen atoms in total. The fraction of sp³-hybridized carbons (Fsp3) is 0.214. The van der Waals surface area contributed by atoms with Crippen LogP contribution in [-0.4, -0.2) is 29.0 Å². The molecule has 0 amide bonds. The van der Waals surface area contributed by atoms with E-state index in [1.165, 1.54) is 18.2 Å². The van der Waals surface area contributed by atoms with E-state index in [0.29, 0.717) is 0 Å². The van der Waals surface area contributed by atoms with Crippen LogP contribution in [0.2, 0.25) is 0 Å². The summed E-state index contributed by atoms with van der Waals surface area (Å²) in [6.45, 7) is 4.09. The van der Waals surface area contributed by atoms with Crippen molar-refractivity contribution in [3.8, 4) is 0 Å². The molecule has 0 aliphatic rings. The van der Waals surface area contributed by atoms with Gasteiger partial charge in [-0.05, 0) is 49.2 Å². The molecule has 0 aliphatic carbocycles. The lowest BCUT2D eigenvalue weighted by atomic mass is 10.2. The first-order valence-corrected chi connectivity index (χ1v) is 7.08. The minimum Gasteiger partial charge on any atom is -0.476 e. The van der Waals surface area contributed by atoms with E-state index in [2.05, 4.69) is 30.5 Å². The Kier molecular flexibility index (Phi) is 11.3. The minimum absolute atomic E-state index is 0.241. The lowest BCUT2D eigenvalue weighted by molar-refractivity contribution is 0.198. The first kappa shape index (κ1) is 18.3. The lowest BCUT2D eigenvalue weighted by Crippen LogP contribution is -2.00. The number of pyridine rings is 2. The van der Waals surface area contributed by atoms with E-state index in [1.807, 2.05) is 38.1 Å². The molecule has 0 saturated carbocycles. The second-order valence-corrected chi connectivity index (χ2v) is 4.32. The molecule has 0 radical (unpaired) electrons. The van der Waals surface area contributed by atoms with Gasteiger partial charge < -0.3 is 4.74 Å². The largest absolute Gasteiger partial charge is 0.476 e. The number of carbonyl (C=O) groups is 1. The molecule has 106 valence electrons. The van der Waals surface area contributed by atoms with Gasteiger partial charge in [0.15, 0.2) is 0 Å². The van der Waals surface area contributed by atoms with Gasteiger partial charge in [0.2, 0.25) is 0 Å². The molecule has 0 aliphatic heterocycles. The molecule has 2 aromatic heterocycles. The standard InChI is InChI=1S/2C6H7N.C2H4BBrO2/c2*1-6-2-4-7-5-3-6;1-6-2(5)3-4/h2*2-5H,1H3;3H,1H3. The Morgan fingerprint density at radius 1 is 1.00 bits per heavy atom. The highest BCUT2D eigenvalue weighted by atomic mass is 79.9. The molecule has 0 bridgehead atoms. The molecule has 20 heavy (non-hydrogen) atoms. The molecule has 6 heteroatoms. The second-order valence-electron chi connectivity index (χ2n) is 3.76. The van der Waals surface area contributed by atoms with Crippen molar-refractivity contribution < 1.29 is 9.53 Å². The van der Waals surface area contributed by atoms with Gasteiger partial charge in [0.1, 0.15) is 0 Å². The van der Waals surface area contributed by atoms with Crippen LogP contribution < -0.4 is 0 Å². The van der Waals surface area contributed by atoms with Crippen molar-refractivity contribution in [3.63, 3.8) is 0 Å². The summed E-state index contributed by atoms with van der Waals surface area (Å²) in [4.78, 5) is 17.6. The molecule has 0 spiro atoms. The summed E-state index contributed by atoms with van der Waals surface area (Å²) in [7, 11) is 1.35. The van der Waals surface area contributed by atoms with Crippen LogP contribution in [0.5, 0.6) is 0 Å². The van der Waals surface area contributed by atoms with Gasteiger partial charge in [-0.3, -0.25) is 14.8 Å². The Morgan fingerprint density at radius 3 is 1.45 bits per heavy atom. The summed E-state index contributed by atoms with van der Waals surface area (Å²) in [5, 5.41) is 0. The van der Waals surface area contributed by atoms with Crippen molar-refractivity contribution in [3.05, 3.63) is 60.2 Å². The average Bonchev–Trinajstić information content (AvgIpc) is 2.49. The van der Waals surface area contributed by atoms with Gasteiger partial charge >= 0.3 is 6.10 Å². The van der Waals surface area contributed by atoms with E-state index in [-0.39, 0.29) is 12.0 Å². The van der Waals surface area contributed by atoms with Gasteiger partial charge in [-0.2, -0.15) is 0 Å². The molecule has 2 heterocycles. The van der Waals surface area contributed by atoms with Crippen molar-refractivity contribution >= 4 is 27.7 Å². The van der Waals surface area contributed by atoms with Crippen LogP contribution in [0.25, 0.3) is 0 Å². The van der Waals surface area contributed by atoms with Crippen LogP contribution in [0.4, 0.5) is 4.79 Å². The number of aryl methyl sites for hydroxylation is 2. The Labute approximate surface area is 128 Å². The van der Waals surface area contributed by atoms with Gasteiger partial charge in [-0.1, -0.05) is 0 Å². The van der Waals surface area contributed by atoms with Gasteiger partial charge in [0.05, 0.1) is 7.11 Å². The predicted octanol–water partition coefficient (Wildman–Crippen LogP) is 3.28. The fourth-order valence-electron chi connectivity index (χ4n) is 0.907. The van der Waals surface area contributed by atoms with Crippen LogP contribution in [-0.2, 0) is 4.74 Å². The maximum Gasteiger partial charge on any atom is 0.337 e. The van der Waals surface area contributed by atoms with Gasteiger partial charge in [0.25, 0.3) is 5.87 Å². The monoisotopic (exact) mass is 336 g/mol. The molecule has 0 fully saturated rings. The third kappa shape index (κ3) is 11.4. The zero-order valence-corrected chi connectivity index (χ0v) is 13.5. The Bertz CT molecular complexity index is 426. The zero-order valence-electron chi connectivity index (χ0n) is 11.9. The second kappa shape index (κ2) is 12.4. The summed E-state index contributed by atoms with van der Waals surface area (Å²) >= 11 is 2.90. The summed E-state index contributed by atoms with van der Waals surface area (Å²) < 4.78 is 4.21. The van der Waals surface area contributed by atoms with Crippen LogP contribution in [0, 0.1) is 13.8 Å². The third-order valence-corrected chi connectivity index (χ3v) is 2.49. The van der Waals surface area contributed by atoms with Crippen LogP contribution in [0.1, 0.15) is 11.1 Å². The normalized spacial score (nSPS) is 8.20. The number of aromatic nitrogens is 2. The lowest BCUT2D eigenvalue weighted by Gasteiger charge is -1.85. The van der Waals surface area contributed by atoms with Crippen LogP contribution in [0.15, 0.2) is 49.1 Å². The van der Waals surface area contributed by atoms with E-state index in [4.69, 9.17) is 0 Å². The highest BCUT2D eigenvalue weighted by Crippen LogP contribution is 1.89. The topological polar surface area (TPSA) is 52.1 Å². The molecule has 0 N–H and O–H groups in total. The summed E-state index contributed by atoms with van der Waals surface area (Å²) in [5.41, 5.74) is 2.52. The van der Waals surface area contributed by atoms with E-state index in [9.17, 15) is 4.79 Å². The molecular weight excluding hydrogens is 319 g/mol. The van der Waals surface area contributed by atoms with Crippen molar-refractivity contribution in [2.75, 3.05) is 7.11 Å². The number of ether oxygens (including phenoxy) is 1. The number of hydrogen-bond donors (Lipinski definition) is 0. The summed E-state index contributed by atoms with van der Waals surface area (Å²) in [6.07, 6.45) is 7.43. The maximum atomic E-state index is 9.91. The summed E-state index contributed by atoms with van der Waals surface area (Å²) in [6, 6.07) is 7.89. The Morgan fingerprint density at radius 2 is 1.35 bits per heavy atom. The Hall–Kier alpha value is -1.69. The summed E-state index contributed by atoms with van der Waals surface area (Å²) in [5.74, 6) is -0.241. The smallest absolute Gasteiger partial charge is 0.337 e. The minimum atomic E-state index is -0.241. The first-order chi connectivity index (χ1) is 9.60. The SMILES string of the molecule is COC(=O)BBr.Cc1ccncc1.Cc1ccncc1. The predicted molar refractivity (Wildman–Crippen MR) is 86.4 cm³/mol. The number of methoxy groups -OCH3 is 1. The molecule has 0 saturated heterocycles. The van der Waals surface area contributed by atoms with Crippen LogP contribution >= 0.6 is 15.8 Å². The fourth-order valence-corrected chi connectivity index (χ4v) is 1.14. The number of hydrogen-bond acceptors (Lipinski definition) is 4. The molecule has 2 aromatic rings. The quantitative estimate of drug-likeness (QED) is 0.750. The van der Waals surface area contributed by atoms with E-state index in [1.54, 1.807) is 24.8 Å². The van der Waals surface area contributed by atoms with E-state index < -0.39 is 0 Å². The van der Waals surface area contributed by atoms with Gasteiger partial charge in [0, 0.05) is 24.8 Å². The molecule has 0 aromatic carbocycles. The van der Waals surface area contributed by atoms with Crippen molar-refractivity contribution in [2.24, 2.45) is 0 Å². The van der Waals surface area contributed by atoms with Gasteiger partial charge in [-0.25, -0.2) is 0 Å². The highest BCUT2D eigenvalue weighted by molar-refractivity contribution is 9.24. The van der Waals surface area contributed by atoms with Gasteiger partial charge in [-0.15, -0.1) is 15.8 Å². The molecule has 0 unspecified atom stereocenters. The first-order valence-electron chi connectivity index (χ1n) is 5.96. The molecule has 0 atom stereocenters. The van der Waals surface area contributed by atoms with Crippen molar-refractivity contribution in [1.82, 2.24) is 9.97 Å². The average molecular weight is 337 g/mol. The molecular formula is C14H18BBrN2O2. The third-order valence-electron chi connectivity index (χ3n) is 2.03. The molecule has 2 rings (SSSR count). The number of rotatable bonds is 1. The van der Waals surface area contributed by atoms with Crippen molar-refractivity contribution in [2.45, 2.75) is 13.8 Å². The number of carbonyl (C=O) groups excluding carboxylic acids is 1. The Balaban J connectivity index is 0.000000272. The number of halogens is 1. The van der Waals surface area contributed by atoms with Crippen LogP contribution in [0.3, 0.4) is 0 Å². The highest BCUT2D eigenvalue weighted by Gasteiger charge is 1.93. The number of nitrogens with zero attached hydrogens (tertiary/aromatic N) is 2. The maximum absolute atomic E-state index is 9.91. The van der Waals surface area contributed by atoms with E-state index in [0.717, 1.165) is 0 Å². The zero-order chi connectivity index (χ0) is 15.2. The van der Waals surface area contributed by atoms with Crippen molar-refractivity contribution in [1.29, 1.82) is 0 Å².